The summed E-state index contributed by atoms with van der Waals surface area (Å²) < 4.78 is 47.2. The summed E-state index contributed by atoms with van der Waals surface area (Å²) in [6, 6.07) is 0.999. The Bertz CT molecular complexity index is 998. The van der Waals surface area contributed by atoms with Gasteiger partial charge in [-0.15, -0.1) is 0 Å². The van der Waals surface area contributed by atoms with Crippen LogP contribution in [0.4, 0.5) is 13.2 Å². The number of halogens is 3. The zero-order chi connectivity index (χ0) is 19.9. The average molecular weight is 394 g/mol. The van der Waals surface area contributed by atoms with Crippen molar-refractivity contribution >= 4 is 17.0 Å². The van der Waals surface area contributed by atoms with E-state index in [9.17, 15) is 18.0 Å². The van der Waals surface area contributed by atoms with E-state index in [0.717, 1.165) is 6.07 Å². The molecule has 3 aromatic heterocycles. The van der Waals surface area contributed by atoms with Gasteiger partial charge >= 0.3 is 6.18 Å². The van der Waals surface area contributed by atoms with Crippen LogP contribution in [0.15, 0.2) is 23.2 Å². The van der Waals surface area contributed by atoms with E-state index in [0.29, 0.717) is 19.4 Å². The van der Waals surface area contributed by atoms with Gasteiger partial charge in [0.25, 0.3) is 5.71 Å². The van der Waals surface area contributed by atoms with E-state index in [1.54, 1.807) is 4.90 Å². The Morgan fingerprint density at radius 3 is 2.93 bits per heavy atom. The molecule has 4 heterocycles. The summed E-state index contributed by atoms with van der Waals surface area (Å²) in [5.41, 5.74) is -0.533. The minimum absolute atomic E-state index is 0.0286. The van der Waals surface area contributed by atoms with Crippen LogP contribution < -0.4 is 0 Å². The molecule has 0 spiro atoms. The number of rotatable bonds is 3. The van der Waals surface area contributed by atoms with Gasteiger partial charge in [0.15, 0.2) is 0 Å². The number of alkyl halides is 3. The highest BCUT2D eigenvalue weighted by atomic mass is 19.4. The molecule has 0 aromatic carbocycles. The van der Waals surface area contributed by atoms with Gasteiger partial charge in [0.1, 0.15) is 19.2 Å². The quantitative estimate of drug-likeness (QED) is 0.678. The lowest BCUT2D eigenvalue weighted by molar-refractivity contribution is -0.136. The maximum atomic E-state index is 13.6. The Morgan fingerprint density at radius 1 is 1.39 bits per heavy atom. The van der Waals surface area contributed by atoms with Gasteiger partial charge in [0, 0.05) is 24.7 Å². The summed E-state index contributed by atoms with van der Waals surface area (Å²) in [5, 5.41) is 7.69. The molecule has 4 rings (SSSR count). The van der Waals surface area contributed by atoms with Gasteiger partial charge in [-0.05, 0) is 25.8 Å². The number of hydrogen-bond donors (Lipinski definition) is 0. The Hall–Kier alpha value is -2.98. The number of carbonyl (C=O) groups is 1. The lowest BCUT2D eigenvalue weighted by Crippen LogP contribution is -2.41. The molecule has 0 radical (unpaired) electrons. The molecule has 11 heteroatoms. The smallest absolute Gasteiger partial charge is 0.340 e. The normalized spacial score (nSPS) is 18.0. The van der Waals surface area contributed by atoms with Crippen LogP contribution >= 0.6 is 0 Å². The van der Waals surface area contributed by atoms with E-state index < -0.39 is 11.7 Å². The van der Waals surface area contributed by atoms with Crippen LogP contribution in [0.1, 0.15) is 35.7 Å². The van der Waals surface area contributed by atoms with Crippen LogP contribution in [0.2, 0.25) is 0 Å². The van der Waals surface area contributed by atoms with Crippen LogP contribution in [-0.2, 0) is 17.5 Å². The van der Waals surface area contributed by atoms with E-state index in [4.69, 9.17) is 4.52 Å². The largest absolute Gasteiger partial charge is 0.417 e. The Labute approximate surface area is 157 Å². The molecule has 1 atom stereocenters. The molecule has 1 amide bonds. The number of aromatic nitrogens is 5. The van der Waals surface area contributed by atoms with Crippen molar-refractivity contribution in [3.63, 3.8) is 0 Å². The van der Waals surface area contributed by atoms with Gasteiger partial charge in [-0.3, -0.25) is 4.79 Å². The third kappa shape index (κ3) is 3.43. The summed E-state index contributed by atoms with van der Waals surface area (Å²) >= 11 is 0. The lowest BCUT2D eigenvalue weighted by Gasteiger charge is -2.32. The fourth-order valence-electron chi connectivity index (χ4n) is 3.58. The predicted molar refractivity (Wildman–Crippen MR) is 90.1 cm³/mol. The highest BCUT2D eigenvalue weighted by Crippen LogP contribution is 2.39. The number of pyridine rings is 1. The molecular weight excluding hydrogens is 377 g/mol. The molecule has 0 saturated carbocycles. The number of likely N-dealkylation sites (tertiary alicyclic amines) is 1. The molecule has 8 nitrogen and oxygen atoms in total. The number of nitrogens with zero attached hydrogens (tertiary/aromatic N) is 6. The van der Waals surface area contributed by atoms with Crippen molar-refractivity contribution in [2.75, 3.05) is 13.1 Å². The third-order valence-electron chi connectivity index (χ3n) is 4.83. The van der Waals surface area contributed by atoms with E-state index in [-0.39, 0.29) is 47.4 Å². The molecule has 1 aliphatic heterocycles. The number of piperidine rings is 1. The van der Waals surface area contributed by atoms with E-state index >= 15 is 0 Å². The summed E-state index contributed by atoms with van der Waals surface area (Å²) in [7, 11) is 0. The van der Waals surface area contributed by atoms with E-state index in [1.807, 2.05) is 0 Å². The molecule has 0 N–H and O–H groups in total. The highest BCUT2D eigenvalue weighted by molar-refractivity contribution is 5.82. The van der Waals surface area contributed by atoms with Gasteiger partial charge in [0.05, 0.1) is 16.6 Å². The summed E-state index contributed by atoms with van der Waals surface area (Å²) in [6.07, 6.45) is -0.512. The molecule has 3 aromatic rings. The minimum atomic E-state index is -4.55. The molecule has 148 valence electrons. The van der Waals surface area contributed by atoms with Crippen LogP contribution in [-0.4, -0.2) is 48.8 Å². The average Bonchev–Trinajstić information content (AvgIpc) is 3.29. The summed E-state index contributed by atoms with van der Waals surface area (Å²) in [4.78, 5) is 22.0. The molecule has 0 bridgehead atoms. The zero-order valence-electron chi connectivity index (χ0n) is 15.0. The Kier molecular flexibility index (Phi) is 4.52. The molecule has 0 aliphatic carbocycles. The van der Waals surface area contributed by atoms with Gasteiger partial charge in [-0.2, -0.15) is 18.3 Å². The van der Waals surface area contributed by atoms with Crippen molar-refractivity contribution < 1.29 is 22.5 Å². The zero-order valence-corrected chi connectivity index (χ0v) is 15.0. The summed E-state index contributed by atoms with van der Waals surface area (Å²) in [6.45, 7) is 2.30. The van der Waals surface area contributed by atoms with Crippen molar-refractivity contribution in [2.45, 2.75) is 38.4 Å². The van der Waals surface area contributed by atoms with E-state index in [1.165, 1.54) is 24.3 Å². The Balaban J connectivity index is 1.63. The number of aryl methyl sites for hydroxylation is 1. The second kappa shape index (κ2) is 6.88. The molecule has 1 fully saturated rings. The van der Waals surface area contributed by atoms with Crippen molar-refractivity contribution in [3.8, 4) is 0 Å². The van der Waals surface area contributed by atoms with Crippen molar-refractivity contribution in [1.29, 1.82) is 0 Å². The maximum Gasteiger partial charge on any atom is 0.417 e. The van der Waals surface area contributed by atoms with Crippen LogP contribution in [0, 0.1) is 6.92 Å². The molecule has 1 unspecified atom stereocenters. The van der Waals surface area contributed by atoms with Gasteiger partial charge in [-0.25, -0.2) is 14.6 Å². The van der Waals surface area contributed by atoms with Crippen LogP contribution in [0.5, 0.6) is 0 Å². The number of carbonyl (C=O) groups excluding carboxylic acids is 1. The number of amides is 1. The monoisotopic (exact) mass is 394 g/mol. The first-order valence-corrected chi connectivity index (χ1v) is 8.77. The van der Waals surface area contributed by atoms with Crippen LogP contribution in [0.25, 0.3) is 11.1 Å². The van der Waals surface area contributed by atoms with Gasteiger partial charge in [0.2, 0.25) is 5.91 Å². The lowest BCUT2D eigenvalue weighted by atomic mass is 9.91. The maximum absolute atomic E-state index is 13.6. The minimum Gasteiger partial charge on any atom is -0.340 e. The van der Waals surface area contributed by atoms with Crippen molar-refractivity contribution in [1.82, 2.24) is 29.8 Å². The first-order chi connectivity index (χ1) is 13.3. The first-order valence-electron chi connectivity index (χ1n) is 8.77. The van der Waals surface area contributed by atoms with Gasteiger partial charge < -0.3 is 9.42 Å². The second-order valence-corrected chi connectivity index (χ2v) is 6.83. The second-order valence-electron chi connectivity index (χ2n) is 6.83. The fourth-order valence-corrected chi connectivity index (χ4v) is 3.58. The predicted octanol–water partition coefficient (Wildman–Crippen LogP) is 2.55. The number of fused-ring (bicyclic) bond motifs is 1. The highest BCUT2D eigenvalue weighted by Gasteiger charge is 2.38. The van der Waals surface area contributed by atoms with Crippen molar-refractivity contribution in [3.05, 3.63) is 35.7 Å². The summed E-state index contributed by atoms with van der Waals surface area (Å²) in [5.74, 6) is -0.534. The standard InChI is InChI=1S/C17H17F3N6O2/c1-10-5-12(17(18,19)20)14-15(24-28-16(14)23-10)11-3-2-4-25(6-11)13(27)7-26-9-21-8-22-26/h5,8-9,11H,2-4,6-7H2,1H3. The first kappa shape index (κ1) is 18.4. The fraction of sp³-hybridized carbons (Fsp3) is 0.471. The third-order valence-corrected chi connectivity index (χ3v) is 4.83. The topological polar surface area (TPSA) is 89.9 Å². The van der Waals surface area contributed by atoms with Crippen molar-refractivity contribution in [2.24, 2.45) is 0 Å². The number of hydrogen-bond acceptors (Lipinski definition) is 6. The molecular formula is C17H17F3N6O2. The Morgan fingerprint density at radius 2 is 2.21 bits per heavy atom. The SMILES string of the molecule is Cc1cc(C(F)(F)F)c2c(C3CCCN(C(=O)Cn4cncn4)C3)noc2n1. The van der Waals surface area contributed by atoms with E-state index in [2.05, 4.69) is 20.2 Å². The molecule has 1 saturated heterocycles. The molecule has 28 heavy (non-hydrogen) atoms. The van der Waals surface area contributed by atoms with Crippen LogP contribution in [0.3, 0.4) is 0 Å². The van der Waals surface area contributed by atoms with Gasteiger partial charge in [-0.1, -0.05) is 5.16 Å². The molecule has 1 aliphatic rings.